The molecule has 20 heavy (non-hydrogen) atoms. The van der Waals surface area contributed by atoms with E-state index in [-0.39, 0.29) is 17.6 Å². The Morgan fingerprint density at radius 2 is 2.15 bits per heavy atom. The highest BCUT2D eigenvalue weighted by molar-refractivity contribution is 5.77. The molecule has 1 aliphatic rings. The third kappa shape index (κ3) is 2.88. The number of phenols is 1. The summed E-state index contributed by atoms with van der Waals surface area (Å²) < 4.78 is 0. The lowest BCUT2D eigenvalue weighted by Crippen LogP contribution is -2.45. The third-order valence-corrected chi connectivity index (χ3v) is 4.08. The average Bonchev–Trinajstić information content (AvgIpc) is 2.38. The Bertz CT molecular complexity index is 502. The number of anilines is 1. The van der Waals surface area contributed by atoms with Crippen molar-refractivity contribution >= 4 is 11.6 Å². The van der Waals surface area contributed by atoms with Gasteiger partial charge in [0, 0.05) is 29.9 Å². The molecule has 1 saturated heterocycles. The zero-order valence-corrected chi connectivity index (χ0v) is 11.9. The molecular formula is C15H22N2O3. The van der Waals surface area contributed by atoms with Crippen LogP contribution in [0.4, 0.5) is 5.69 Å². The lowest BCUT2D eigenvalue weighted by molar-refractivity contribution is -0.122. The summed E-state index contributed by atoms with van der Waals surface area (Å²) in [6.07, 6.45) is 0.998. The number of carbonyl (C=O) groups excluding carboxylic acids is 1. The van der Waals surface area contributed by atoms with Crippen LogP contribution in [0.25, 0.3) is 0 Å². The molecule has 0 saturated carbocycles. The number of piperidine rings is 1. The number of primary amides is 1. The highest BCUT2D eigenvalue weighted by atomic mass is 16.3. The van der Waals surface area contributed by atoms with Crippen LogP contribution in [0.5, 0.6) is 5.75 Å². The van der Waals surface area contributed by atoms with E-state index in [4.69, 9.17) is 5.73 Å². The van der Waals surface area contributed by atoms with Crippen LogP contribution in [0, 0.1) is 5.92 Å². The summed E-state index contributed by atoms with van der Waals surface area (Å²) in [6, 6.07) is 5.52. The summed E-state index contributed by atoms with van der Waals surface area (Å²) >= 11 is 0. The Kier molecular flexibility index (Phi) is 4.18. The summed E-state index contributed by atoms with van der Waals surface area (Å²) in [5.41, 5.74) is 6.76. The number of rotatable bonds is 3. The molecule has 1 heterocycles. The first-order chi connectivity index (χ1) is 9.40. The predicted octanol–water partition coefficient (Wildman–Crippen LogP) is 1.54. The number of aliphatic hydroxyl groups is 1. The van der Waals surface area contributed by atoms with Crippen LogP contribution in [-0.4, -0.2) is 28.7 Å². The van der Waals surface area contributed by atoms with Crippen LogP contribution < -0.4 is 10.6 Å². The van der Waals surface area contributed by atoms with Crippen molar-refractivity contribution in [3.8, 4) is 5.75 Å². The second-order valence-electron chi connectivity index (χ2n) is 5.60. The second-order valence-corrected chi connectivity index (χ2v) is 5.60. The van der Waals surface area contributed by atoms with E-state index in [0.717, 1.165) is 18.5 Å². The Labute approximate surface area is 119 Å². The number of nitrogens with two attached hydrogens (primary N) is 1. The van der Waals surface area contributed by atoms with Crippen LogP contribution in [0.1, 0.15) is 38.4 Å². The van der Waals surface area contributed by atoms with Gasteiger partial charge in [-0.3, -0.25) is 4.79 Å². The van der Waals surface area contributed by atoms with E-state index >= 15 is 0 Å². The number of aliphatic hydroxyl groups excluding tert-OH is 1. The molecule has 1 aromatic rings. The van der Waals surface area contributed by atoms with E-state index in [9.17, 15) is 15.0 Å². The molecule has 3 atom stereocenters. The number of nitrogens with zero attached hydrogens (tertiary/aromatic N) is 1. The fraction of sp³-hybridized carbons (Fsp3) is 0.533. The van der Waals surface area contributed by atoms with Gasteiger partial charge in [0.2, 0.25) is 5.91 Å². The van der Waals surface area contributed by atoms with Crippen molar-refractivity contribution < 1.29 is 15.0 Å². The van der Waals surface area contributed by atoms with Gasteiger partial charge in [0.05, 0.1) is 12.0 Å². The summed E-state index contributed by atoms with van der Waals surface area (Å²) in [4.78, 5) is 13.4. The van der Waals surface area contributed by atoms with Gasteiger partial charge in [0.1, 0.15) is 5.75 Å². The van der Waals surface area contributed by atoms with Crippen LogP contribution in [0.2, 0.25) is 0 Å². The van der Waals surface area contributed by atoms with E-state index in [1.165, 1.54) is 0 Å². The molecule has 0 aliphatic carbocycles. The number of hydrogen-bond donors (Lipinski definition) is 3. The largest absolute Gasteiger partial charge is 0.507 e. The van der Waals surface area contributed by atoms with Gasteiger partial charge < -0.3 is 20.8 Å². The molecule has 2 rings (SSSR count). The second kappa shape index (κ2) is 5.71. The van der Waals surface area contributed by atoms with E-state index < -0.39 is 6.10 Å². The monoisotopic (exact) mass is 278 g/mol. The number of amides is 1. The van der Waals surface area contributed by atoms with Gasteiger partial charge in [0.15, 0.2) is 0 Å². The molecule has 1 aromatic carbocycles. The maximum atomic E-state index is 11.4. The minimum absolute atomic E-state index is 0.0749. The van der Waals surface area contributed by atoms with Gasteiger partial charge in [-0.1, -0.05) is 6.07 Å². The summed E-state index contributed by atoms with van der Waals surface area (Å²) in [7, 11) is 0. The first kappa shape index (κ1) is 14.7. The maximum absolute atomic E-state index is 11.4. The lowest BCUT2D eigenvalue weighted by atomic mass is 9.92. The summed E-state index contributed by atoms with van der Waals surface area (Å²) in [6.45, 7) is 4.28. The molecule has 5 nitrogen and oxygen atoms in total. The fourth-order valence-electron chi connectivity index (χ4n) is 2.76. The van der Waals surface area contributed by atoms with Gasteiger partial charge >= 0.3 is 0 Å². The molecular weight excluding hydrogens is 256 g/mol. The molecule has 4 N–H and O–H groups in total. The van der Waals surface area contributed by atoms with Crippen LogP contribution >= 0.6 is 0 Å². The SMILES string of the molecule is CC(O)c1ccc(N2CC(C(N)=O)CCC2C)cc1O. The molecule has 1 aliphatic heterocycles. The average molecular weight is 278 g/mol. The highest BCUT2D eigenvalue weighted by Crippen LogP contribution is 2.33. The van der Waals surface area contributed by atoms with Crippen molar-refractivity contribution in [2.24, 2.45) is 11.7 Å². The Morgan fingerprint density at radius 1 is 1.45 bits per heavy atom. The van der Waals surface area contributed by atoms with Gasteiger partial charge in [-0.25, -0.2) is 0 Å². The molecule has 1 fully saturated rings. The minimum atomic E-state index is -0.707. The molecule has 1 amide bonds. The number of carbonyl (C=O) groups is 1. The zero-order valence-electron chi connectivity index (χ0n) is 11.9. The normalized spacial score (nSPS) is 24.4. The van der Waals surface area contributed by atoms with Gasteiger partial charge in [-0.2, -0.15) is 0 Å². The summed E-state index contributed by atoms with van der Waals surface area (Å²) in [5, 5.41) is 19.5. The molecule has 0 aromatic heterocycles. The van der Waals surface area contributed by atoms with Gasteiger partial charge in [-0.05, 0) is 32.8 Å². The van der Waals surface area contributed by atoms with Crippen molar-refractivity contribution in [3.63, 3.8) is 0 Å². The van der Waals surface area contributed by atoms with Crippen LogP contribution in [0.3, 0.4) is 0 Å². The first-order valence-corrected chi connectivity index (χ1v) is 6.97. The summed E-state index contributed by atoms with van der Waals surface area (Å²) in [5.74, 6) is -0.345. The molecule has 110 valence electrons. The Morgan fingerprint density at radius 3 is 2.70 bits per heavy atom. The van der Waals surface area contributed by atoms with E-state index in [2.05, 4.69) is 11.8 Å². The molecule has 0 radical (unpaired) electrons. The number of hydrogen-bond acceptors (Lipinski definition) is 4. The van der Waals surface area contributed by atoms with Crippen LogP contribution in [0.15, 0.2) is 18.2 Å². The van der Waals surface area contributed by atoms with E-state index in [1.54, 1.807) is 19.1 Å². The maximum Gasteiger partial charge on any atom is 0.222 e. The topological polar surface area (TPSA) is 86.8 Å². The predicted molar refractivity (Wildman–Crippen MR) is 77.5 cm³/mol. The molecule has 0 spiro atoms. The first-order valence-electron chi connectivity index (χ1n) is 6.97. The van der Waals surface area contributed by atoms with Crippen molar-refractivity contribution in [1.82, 2.24) is 0 Å². The highest BCUT2D eigenvalue weighted by Gasteiger charge is 2.29. The van der Waals surface area contributed by atoms with Crippen molar-refractivity contribution in [2.45, 2.75) is 38.8 Å². The van der Waals surface area contributed by atoms with E-state index in [0.29, 0.717) is 18.2 Å². The number of benzene rings is 1. The van der Waals surface area contributed by atoms with Crippen molar-refractivity contribution in [1.29, 1.82) is 0 Å². The standard InChI is InChI=1S/C15H22N2O3/c1-9-3-4-11(15(16)20)8-17(9)12-5-6-13(10(2)18)14(19)7-12/h5-7,9-11,18-19H,3-4,8H2,1-2H3,(H2,16,20). The Hall–Kier alpha value is -1.75. The number of phenolic OH excluding ortho intramolecular Hbond substituents is 1. The third-order valence-electron chi connectivity index (χ3n) is 4.08. The smallest absolute Gasteiger partial charge is 0.222 e. The van der Waals surface area contributed by atoms with Gasteiger partial charge in [-0.15, -0.1) is 0 Å². The molecule has 0 bridgehead atoms. The lowest BCUT2D eigenvalue weighted by Gasteiger charge is -2.38. The van der Waals surface area contributed by atoms with Gasteiger partial charge in [0.25, 0.3) is 0 Å². The quantitative estimate of drug-likeness (QED) is 0.782. The molecule has 3 unspecified atom stereocenters. The zero-order chi connectivity index (χ0) is 14.9. The Balaban J connectivity index is 2.25. The minimum Gasteiger partial charge on any atom is -0.507 e. The molecule has 5 heteroatoms. The van der Waals surface area contributed by atoms with Crippen molar-refractivity contribution in [3.05, 3.63) is 23.8 Å². The van der Waals surface area contributed by atoms with E-state index in [1.807, 2.05) is 6.07 Å². The number of aromatic hydroxyl groups is 1. The van der Waals surface area contributed by atoms with Crippen LogP contribution in [-0.2, 0) is 4.79 Å². The fourth-order valence-corrected chi connectivity index (χ4v) is 2.76. The van der Waals surface area contributed by atoms with Crippen molar-refractivity contribution in [2.75, 3.05) is 11.4 Å².